The van der Waals surface area contributed by atoms with Gasteiger partial charge in [0.15, 0.2) is 0 Å². The van der Waals surface area contributed by atoms with E-state index in [0.29, 0.717) is 13.0 Å². The van der Waals surface area contributed by atoms with Crippen LogP contribution in [0.2, 0.25) is 0 Å². The summed E-state index contributed by atoms with van der Waals surface area (Å²) in [7, 11) is 1.89. The molecule has 0 saturated carbocycles. The van der Waals surface area contributed by atoms with E-state index in [0.717, 1.165) is 16.9 Å². The number of anilines is 1. The van der Waals surface area contributed by atoms with E-state index in [1.807, 2.05) is 61.1 Å². The number of urea groups is 1. The molecule has 1 heterocycles. The van der Waals surface area contributed by atoms with Crippen molar-refractivity contribution in [3.05, 3.63) is 53.9 Å². The summed E-state index contributed by atoms with van der Waals surface area (Å²) in [5.74, 6) is 0. The Kier molecular flexibility index (Phi) is 5.00. The third-order valence-electron chi connectivity index (χ3n) is 3.42. The quantitative estimate of drug-likeness (QED) is 0.791. The summed E-state index contributed by atoms with van der Waals surface area (Å²) in [6.07, 6.45) is 1.78. The van der Waals surface area contributed by atoms with Gasteiger partial charge in [-0.1, -0.05) is 18.2 Å². The number of hydrogen-bond acceptors (Lipinski definition) is 2. The van der Waals surface area contributed by atoms with Crippen LogP contribution in [-0.4, -0.2) is 22.2 Å². The first-order valence-corrected chi connectivity index (χ1v) is 6.97. The zero-order valence-electron chi connectivity index (χ0n) is 12.3. The molecule has 0 aliphatic heterocycles. The highest BCUT2D eigenvalue weighted by Crippen LogP contribution is 2.16. The zero-order chi connectivity index (χ0) is 15.2. The van der Waals surface area contributed by atoms with E-state index >= 15 is 0 Å². The largest absolute Gasteiger partial charge is 0.387 e. The maximum atomic E-state index is 11.8. The Balaban J connectivity index is 1.77. The summed E-state index contributed by atoms with van der Waals surface area (Å²) < 4.78 is 1.87. The van der Waals surface area contributed by atoms with Crippen LogP contribution in [0.25, 0.3) is 0 Å². The molecule has 0 bridgehead atoms. The van der Waals surface area contributed by atoms with Gasteiger partial charge in [-0.25, -0.2) is 4.79 Å². The lowest BCUT2D eigenvalue weighted by Crippen LogP contribution is -2.30. The van der Waals surface area contributed by atoms with Gasteiger partial charge in [-0.05, 0) is 37.1 Å². The van der Waals surface area contributed by atoms with Crippen molar-refractivity contribution in [3.8, 4) is 0 Å². The molecule has 3 N–H and O–H groups in total. The Morgan fingerprint density at radius 2 is 2.05 bits per heavy atom. The predicted molar refractivity (Wildman–Crippen MR) is 83.2 cm³/mol. The molecule has 0 spiro atoms. The van der Waals surface area contributed by atoms with Gasteiger partial charge in [0.25, 0.3) is 0 Å². The third-order valence-corrected chi connectivity index (χ3v) is 3.42. The third kappa shape index (κ3) is 4.10. The van der Waals surface area contributed by atoms with Crippen molar-refractivity contribution in [3.63, 3.8) is 0 Å². The fourth-order valence-corrected chi connectivity index (χ4v) is 2.17. The summed E-state index contributed by atoms with van der Waals surface area (Å²) >= 11 is 0. The normalized spacial score (nSPS) is 12.0. The first kappa shape index (κ1) is 15.1. The molecule has 1 atom stereocenters. The Morgan fingerprint density at radius 3 is 2.71 bits per heavy atom. The van der Waals surface area contributed by atoms with Crippen LogP contribution in [0.3, 0.4) is 0 Å². The smallest absolute Gasteiger partial charge is 0.319 e. The highest BCUT2D eigenvalue weighted by atomic mass is 16.3. The molecule has 21 heavy (non-hydrogen) atoms. The Morgan fingerprint density at radius 1 is 1.29 bits per heavy atom. The maximum Gasteiger partial charge on any atom is 0.319 e. The molecule has 0 aliphatic carbocycles. The first-order valence-electron chi connectivity index (χ1n) is 6.97. The number of para-hydroxylation sites is 1. The summed E-state index contributed by atoms with van der Waals surface area (Å²) in [6.45, 7) is 2.35. The van der Waals surface area contributed by atoms with Crippen molar-refractivity contribution in [2.24, 2.45) is 7.05 Å². The van der Waals surface area contributed by atoms with Crippen LogP contribution in [0.4, 0.5) is 10.5 Å². The van der Waals surface area contributed by atoms with E-state index in [2.05, 4.69) is 10.6 Å². The lowest BCUT2D eigenvalue weighted by molar-refractivity contribution is 0.159. The molecule has 2 rings (SSSR count). The monoisotopic (exact) mass is 287 g/mol. The lowest BCUT2D eigenvalue weighted by atomic mass is 10.2. The number of aromatic nitrogens is 1. The minimum absolute atomic E-state index is 0.261. The Bertz CT molecular complexity index is 607. The molecular formula is C16H21N3O2. The molecule has 1 aromatic carbocycles. The zero-order valence-corrected chi connectivity index (χ0v) is 12.3. The number of carbonyl (C=O) groups excluding carboxylic acids is 1. The standard InChI is InChI=1S/C16H21N3O2/c1-12-6-3-4-7-13(12)18-16(21)17-10-9-15(20)14-8-5-11-19(14)2/h3-8,11,15,20H,9-10H2,1-2H3,(H2,17,18,21)/t15-/m0/s1. The Labute approximate surface area is 124 Å². The van der Waals surface area contributed by atoms with Crippen LogP contribution >= 0.6 is 0 Å². The Hall–Kier alpha value is -2.27. The minimum atomic E-state index is -0.580. The number of aryl methyl sites for hydroxylation is 2. The second-order valence-electron chi connectivity index (χ2n) is 5.04. The fraction of sp³-hybridized carbons (Fsp3) is 0.312. The van der Waals surface area contributed by atoms with E-state index in [4.69, 9.17) is 0 Å². The van der Waals surface area contributed by atoms with Gasteiger partial charge in [0.1, 0.15) is 0 Å². The topological polar surface area (TPSA) is 66.3 Å². The van der Waals surface area contributed by atoms with Crippen LogP contribution in [0, 0.1) is 6.92 Å². The molecular weight excluding hydrogens is 266 g/mol. The minimum Gasteiger partial charge on any atom is -0.387 e. The predicted octanol–water partition coefficient (Wildman–Crippen LogP) is 2.58. The maximum absolute atomic E-state index is 11.8. The lowest BCUT2D eigenvalue weighted by Gasteiger charge is -2.13. The second kappa shape index (κ2) is 6.95. The number of nitrogens with zero attached hydrogens (tertiary/aromatic N) is 1. The summed E-state index contributed by atoms with van der Waals surface area (Å²) in [6, 6.07) is 11.1. The van der Waals surface area contributed by atoms with E-state index in [9.17, 15) is 9.90 Å². The summed E-state index contributed by atoms with van der Waals surface area (Å²) in [5, 5.41) is 15.6. The van der Waals surface area contributed by atoms with Crippen LogP contribution in [0.1, 0.15) is 23.8 Å². The van der Waals surface area contributed by atoms with Gasteiger partial charge in [-0.2, -0.15) is 0 Å². The van der Waals surface area contributed by atoms with Gasteiger partial charge in [-0.15, -0.1) is 0 Å². The van der Waals surface area contributed by atoms with Gasteiger partial charge >= 0.3 is 6.03 Å². The molecule has 5 nitrogen and oxygen atoms in total. The molecule has 0 radical (unpaired) electrons. The van der Waals surface area contributed by atoms with Gasteiger partial charge in [0, 0.05) is 31.2 Å². The molecule has 2 aromatic rings. The van der Waals surface area contributed by atoms with Crippen molar-refractivity contribution < 1.29 is 9.90 Å². The number of rotatable bonds is 5. The van der Waals surface area contributed by atoms with E-state index in [-0.39, 0.29) is 6.03 Å². The van der Waals surface area contributed by atoms with E-state index in [1.54, 1.807) is 0 Å². The molecule has 0 fully saturated rings. The molecule has 1 aromatic heterocycles. The average molecular weight is 287 g/mol. The van der Waals surface area contributed by atoms with Crippen LogP contribution in [0.15, 0.2) is 42.6 Å². The summed E-state index contributed by atoms with van der Waals surface area (Å²) in [4.78, 5) is 11.8. The van der Waals surface area contributed by atoms with Crippen molar-refractivity contribution in [1.29, 1.82) is 0 Å². The van der Waals surface area contributed by atoms with E-state index < -0.39 is 6.10 Å². The molecule has 0 unspecified atom stereocenters. The number of carbonyl (C=O) groups is 1. The van der Waals surface area contributed by atoms with Crippen molar-refractivity contribution in [1.82, 2.24) is 9.88 Å². The number of aliphatic hydroxyl groups excluding tert-OH is 1. The highest BCUT2D eigenvalue weighted by Gasteiger charge is 2.11. The van der Waals surface area contributed by atoms with Crippen LogP contribution < -0.4 is 10.6 Å². The number of benzene rings is 1. The number of aliphatic hydroxyl groups is 1. The fourth-order valence-electron chi connectivity index (χ4n) is 2.17. The number of amides is 2. The van der Waals surface area contributed by atoms with Crippen LogP contribution in [-0.2, 0) is 7.05 Å². The SMILES string of the molecule is Cc1ccccc1NC(=O)NCC[C@H](O)c1cccn1C. The molecule has 2 amide bonds. The van der Waals surface area contributed by atoms with Gasteiger partial charge in [-0.3, -0.25) is 0 Å². The van der Waals surface area contributed by atoms with Gasteiger partial charge in [0.2, 0.25) is 0 Å². The molecule has 0 saturated heterocycles. The van der Waals surface area contributed by atoms with Crippen molar-refractivity contribution in [2.45, 2.75) is 19.4 Å². The van der Waals surface area contributed by atoms with Gasteiger partial charge in [0.05, 0.1) is 6.10 Å². The number of hydrogen-bond donors (Lipinski definition) is 3. The first-order chi connectivity index (χ1) is 10.1. The second-order valence-corrected chi connectivity index (χ2v) is 5.04. The average Bonchev–Trinajstić information content (AvgIpc) is 2.87. The molecule has 5 heteroatoms. The summed E-state index contributed by atoms with van der Waals surface area (Å²) in [5.41, 5.74) is 2.64. The van der Waals surface area contributed by atoms with Crippen molar-refractivity contribution in [2.75, 3.05) is 11.9 Å². The van der Waals surface area contributed by atoms with Gasteiger partial charge < -0.3 is 20.3 Å². The van der Waals surface area contributed by atoms with E-state index in [1.165, 1.54) is 0 Å². The molecule has 112 valence electrons. The van der Waals surface area contributed by atoms with Crippen molar-refractivity contribution >= 4 is 11.7 Å². The number of nitrogens with one attached hydrogen (secondary N) is 2. The molecule has 0 aliphatic rings. The van der Waals surface area contributed by atoms with Crippen LogP contribution in [0.5, 0.6) is 0 Å². The highest BCUT2D eigenvalue weighted by molar-refractivity contribution is 5.89.